The van der Waals surface area contributed by atoms with Gasteiger partial charge >= 0.3 is 0 Å². The molecule has 0 spiro atoms. The monoisotopic (exact) mass is 374 g/mol. The maximum atomic E-state index is 11.4. The molecular formula is C13H9BrCl2N2O2. The van der Waals surface area contributed by atoms with E-state index in [-0.39, 0.29) is 22.7 Å². The Morgan fingerprint density at radius 1 is 1.20 bits per heavy atom. The fraction of sp³-hybridized carbons (Fsp3) is 0. The smallest absolute Gasteiger partial charge is 0.252 e. The maximum Gasteiger partial charge on any atom is 0.252 e. The number of primary amides is 1. The summed E-state index contributed by atoms with van der Waals surface area (Å²) in [5.74, 6) is -0.216. The van der Waals surface area contributed by atoms with Crippen LogP contribution in [-0.2, 0) is 0 Å². The summed E-state index contributed by atoms with van der Waals surface area (Å²) in [6.07, 6.45) is 0. The molecule has 0 radical (unpaired) electrons. The van der Waals surface area contributed by atoms with Crippen LogP contribution in [-0.4, -0.2) is 5.91 Å². The number of ether oxygens (including phenoxy) is 1. The molecule has 0 saturated carbocycles. The van der Waals surface area contributed by atoms with Crippen molar-refractivity contribution < 1.29 is 9.53 Å². The molecule has 0 bridgehead atoms. The van der Waals surface area contributed by atoms with Crippen molar-refractivity contribution in [1.82, 2.24) is 0 Å². The lowest BCUT2D eigenvalue weighted by atomic mass is 10.1. The van der Waals surface area contributed by atoms with E-state index in [2.05, 4.69) is 15.9 Å². The zero-order valence-corrected chi connectivity index (χ0v) is 13.1. The van der Waals surface area contributed by atoms with Crippen LogP contribution < -0.4 is 16.2 Å². The number of halogens is 3. The summed E-state index contributed by atoms with van der Waals surface area (Å²) in [7, 11) is 0. The number of nitrogens with two attached hydrogens (primary N) is 2. The summed E-state index contributed by atoms with van der Waals surface area (Å²) < 4.78 is 6.24. The number of amides is 1. The normalized spacial score (nSPS) is 10.3. The highest BCUT2D eigenvalue weighted by atomic mass is 79.9. The molecule has 4 nitrogen and oxygen atoms in total. The second kappa shape index (κ2) is 5.91. The van der Waals surface area contributed by atoms with Gasteiger partial charge in [-0.2, -0.15) is 0 Å². The first kappa shape index (κ1) is 15.0. The Bertz CT molecular complexity index is 692. The number of hydrogen-bond acceptors (Lipinski definition) is 3. The molecule has 0 unspecified atom stereocenters. The number of hydrogen-bond donors (Lipinski definition) is 2. The molecule has 0 aromatic heterocycles. The van der Waals surface area contributed by atoms with Gasteiger partial charge in [-0.1, -0.05) is 29.3 Å². The standard InChI is InChI=1S/C13H9BrCl2N2O2/c14-7-4-9(16)11(5-8(7)15)20-12-6(13(18)19)2-1-3-10(12)17/h1-5H,17H2,(H2,18,19). The third-order valence-electron chi connectivity index (χ3n) is 2.50. The molecule has 0 saturated heterocycles. The van der Waals surface area contributed by atoms with Crippen molar-refractivity contribution >= 4 is 50.7 Å². The van der Waals surface area contributed by atoms with Gasteiger partial charge in [-0.3, -0.25) is 4.79 Å². The molecule has 0 aliphatic carbocycles. The maximum absolute atomic E-state index is 11.4. The van der Waals surface area contributed by atoms with E-state index < -0.39 is 5.91 Å². The summed E-state index contributed by atoms with van der Waals surface area (Å²) in [6, 6.07) is 7.82. The minimum Gasteiger partial charge on any atom is -0.453 e. The van der Waals surface area contributed by atoms with Crippen LogP contribution in [0.4, 0.5) is 5.69 Å². The Balaban J connectivity index is 2.50. The lowest BCUT2D eigenvalue weighted by molar-refractivity contribution is 0.0998. The molecule has 104 valence electrons. The number of nitrogen functional groups attached to an aromatic ring is 1. The lowest BCUT2D eigenvalue weighted by Crippen LogP contribution is -2.13. The second-order valence-corrected chi connectivity index (χ2v) is 5.56. The zero-order valence-electron chi connectivity index (χ0n) is 9.99. The van der Waals surface area contributed by atoms with Crippen LogP contribution in [0.1, 0.15) is 10.4 Å². The number of rotatable bonds is 3. The quantitative estimate of drug-likeness (QED) is 0.622. The minimum absolute atomic E-state index is 0.153. The Morgan fingerprint density at radius 2 is 1.90 bits per heavy atom. The highest BCUT2D eigenvalue weighted by molar-refractivity contribution is 9.10. The molecule has 2 rings (SSSR count). The lowest BCUT2D eigenvalue weighted by Gasteiger charge is -2.13. The minimum atomic E-state index is -0.647. The number of carbonyl (C=O) groups is 1. The first-order valence-electron chi connectivity index (χ1n) is 5.41. The molecule has 7 heteroatoms. The number of para-hydroxylation sites is 1. The topological polar surface area (TPSA) is 78.3 Å². The predicted octanol–water partition coefficient (Wildman–Crippen LogP) is 4.23. The largest absolute Gasteiger partial charge is 0.453 e. The van der Waals surface area contributed by atoms with Crippen molar-refractivity contribution in [2.75, 3.05) is 5.73 Å². The Labute approximate surface area is 133 Å². The summed E-state index contributed by atoms with van der Waals surface area (Å²) >= 11 is 15.3. The zero-order chi connectivity index (χ0) is 14.9. The highest BCUT2D eigenvalue weighted by Gasteiger charge is 2.15. The predicted molar refractivity (Wildman–Crippen MR) is 83.6 cm³/mol. The van der Waals surface area contributed by atoms with E-state index in [9.17, 15) is 4.79 Å². The highest BCUT2D eigenvalue weighted by Crippen LogP contribution is 2.39. The molecule has 20 heavy (non-hydrogen) atoms. The summed E-state index contributed by atoms with van der Waals surface area (Å²) in [5, 5.41) is 0.736. The Hall–Kier alpha value is -1.43. The molecule has 0 heterocycles. The van der Waals surface area contributed by atoms with Crippen molar-refractivity contribution in [3.8, 4) is 11.5 Å². The Morgan fingerprint density at radius 3 is 2.55 bits per heavy atom. The van der Waals surface area contributed by atoms with Gasteiger partial charge in [0.2, 0.25) is 0 Å². The van der Waals surface area contributed by atoms with Gasteiger partial charge in [0, 0.05) is 10.5 Å². The first-order valence-corrected chi connectivity index (χ1v) is 6.95. The molecule has 0 aliphatic heterocycles. The fourth-order valence-corrected chi connectivity index (χ4v) is 2.39. The van der Waals surface area contributed by atoms with E-state index in [4.69, 9.17) is 39.4 Å². The van der Waals surface area contributed by atoms with Gasteiger partial charge in [-0.25, -0.2) is 0 Å². The van der Waals surface area contributed by atoms with Crippen molar-refractivity contribution in [3.63, 3.8) is 0 Å². The summed E-state index contributed by atoms with van der Waals surface area (Å²) in [6.45, 7) is 0. The van der Waals surface area contributed by atoms with Crippen LogP contribution in [0.2, 0.25) is 10.0 Å². The number of carbonyl (C=O) groups excluding carboxylic acids is 1. The molecule has 4 N–H and O–H groups in total. The van der Waals surface area contributed by atoms with E-state index in [0.717, 1.165) is 0 Å². The molecule has 0 fully saturated rings. The first-order chi connectivity index (χ1) is 9.40. The van der Waals surface area contributed by atoms with E-state index >= 15 is 0 Å². The van der Waals surface area contributed by atoms with Crippen LogP contribution >= 0.6 is 39.1 Å². The summed E-state index contributed by atoms with van der Waals surface area (Å²) in [4.78, 5) is 11.4. The van der Waals surface area contributed by atoms with Crippen LogP contribution in [0.3, 0.4) is 0 Å². The van der Waals surface area contributed by atoms with Gasteiger partial charge in [0.1, 0.15) is 5.75 Å². The van der Waals surface area contributed by atoms with Gasteiger partial charge < -0.3 is 16.2 Å². The summed E-state index contributed by atoms with van der Waals surface area (Å²) in [5.41, 5.74) is 11.5. The molecular weight excluding hydrogens is 367 g/mol. The van der Waals surface area contributed by atoms with Gasteiger partial charge in [0.25, 0.3) is 5.91 Å². The van der Waals surface area contributed by atoms with E-state index in [1.54, 1.807) is 18.2 Å². The second-order valence-electron chi connectivity index (χ2n) is 3.89. The average Bonchev–Trinajstić information content (AvgIpc) is 2.37. The molecule has 0 atom stereocenters. The van der Waals surface area contributed by atoms with Crippen molar-refractivity contribution in [2.24, 2.45) is 5.73 Å². The molecule has 2 aromatic rings. The number of anilines is 1. The number of benzene rings is 2. The van der Waals surface area contributed by atoms with Gasteiger partial charge in [-0.15, -0.1) is 0 Å². The van der Waals surface area contributed by atoms with Crippen molar-refractivity contribution in [1.29, 1.82) is 0 Å². The van der Waals surface area contributed by atoms with Crippen LogP contribution in [0.25, 0.3) is 0 Å². The Kier molecular flexibility index (Phi) is 4.42. The van der Waals surface area contributed by atoms with Gasteiger partial charge in [0.15, 0.2) is 5.75 Å². The molecule has 1 amide bonds. The van der Waals surface area contributed by atoms with Gasteiger partial charge in [-0.05, 0) is 34.1 Å². The molecule has 0 aliphatic rings. The third kappa shape index (κ3) is 3.00. The average molecular weight is 376 g/mol. The van der Waals surface area contributed by atoms with Crippen LogP contribution in [0.5, 0.6) is 11.5 Å². The van der Waals surface area contributed by atoms with E-state index in [1.807, 2.05) is 0 Å². The van der Waals surface area contributed by atoms with Crippen molar-refractivity contribution in [2.45, 2.75) is 0 Å². The molecule has 2 aromatic carbocycles. The van der Waals surface area contributed by atoms with Crippen molar-refractivity contribution in [3.05, 3.63) is 50.4 Å². The van der Waals surface area contributed by atoms with Gasteiger partial charge in [0.05, 0.1) is 21.3 Å². The third-order valence-corrected chi connectivity index (χ3v) is 3.99. The fourth-order valence-electron chi connectivity index (χ4n) is 1.56. The van der Waals surface area contributed by atoms with Crippen LogP contribution in [0, 0.1) is 0 Å². The van der Waals surface area contributed by atoms with E-state index in [0.29, 0.717) is 14.5 Å². The van der Waals surface area contributed by atoms with Crippen LogP contribution in [0.15, 0.2) is 34.8 Å². The SMILES string of the molecule is NC(=O)c1cccc(N)c1Oc1cc(Cl)c(Br)cc1Cl. The van der Waals surface area contributed by atoms with E-state index in [1.165, 1.54) is 12.1 Å².